The van der Waals surface area contributed by atoms with Gasteiger partial charge >= 0.3 is 13.9 Å². The number of hydrazine groups is 1. The lowest BCUT2D eigenvalue weighted by atomic mass is 9.89. The van der Waals surface area contributed by atoms with Gasteiger partial charge in [0.25, 0.3) is 0 Å². The Morgan fingerprint density at radius 2 is 1.33 bits per heavy atom. The minimum absolute atomic E-state index is 0.0533. The zero-order valence-electron chi connectivity index (χ0n) is 15.1. The third-order valence-corrected chi connectivity index (χ3v) is 10.6. The van der Waals surface area contributed by atoms with Crippen LogP contribution in [0.4, 0.5) is 23.1 Å². The monoisotopic (exact) mass is 743 g/mol. The van der Waals surface area contributed by atoms with Crippen LogP contribution in [0, 0.1) is 0 Å². The van der Waals surface area contributed by atoms with Crippen molar-refractivity contribution in [2.24, 2.45) is 0 Å². The Morgan fingerprint density at radius 1 is 0.833 bits per heavy atom. The second-order valence-corrected chi connectivity index (χ2v) is 10.8. The first kappa shape index (κ1) is 23.1. The number of nitrogens with zero attached hydrogens (tertiary/aromatic N) is 4. The van der Waals surface area contributed by atoms with Crippen LogP contribution in [0.3, 0.4) is 0 Å². The molecule has 0 bridgehead atoms. The molecule has 0 fully saturated rings. The van der Waals surface area contributed by atoms with Crippen LogP contribution >= 0.6 is 79.6 Å². The standard InChI is InChI=1S/C14H12B2Br5F4N5/c1-2-3-4-26-14-12(20)10(18)8-6-27-15(22,23)29-7(9(17)11(19)13(29)21)5-28(27)16(24,25)30(8)14/h5-6,26H,2-4H2,1H3. The molecule has 16 heteroatoms. The van der Waals surface area contributed by atoms with E-state index in [1.54, 1.807) is 0 Å². The van der Waals surface area contributed by atoms with Crippen LogP contribution in [0.15, 0.2) is 22.5 Å². The number of rotatable bonds is 4. The predicted octanol–water partition coefficient (Wildman–Crippen LogP) is 6.26. The van der Waals surface area contributed by atoms with Gasteiger partial charge < -0.3 is 31.5 Å². The Hall–Kier alpha value is -0.0501. The molecule has 2 aliphatic rings. The summed E-state index contributed by atoms with van der Waals surface area (Å²) in [5.41, 5.74) is -0.124. The van der Waals surface area contributed by atoms with E-state index in [0.29, 0.717) is 29.2 Å². The van der Waals surface area contributed by atoms with Crippen molar-refractivity contribution < 1.29 is 26.5 Å². The molecule has 0 saturated heterocycles. The highest BCUT2D eigenvalue weighted by Gasteiger charge is 2.66. The van der Waals surface area contributed by atoms with Gasteiger partial charge in [0, 0.05) is 6.54 Å². The molecule has 5 nitrogen and oxygen atoms in total. The molecular formula is C14H12B2Br5F4N5. The molecule has 0 spiro atoms. The molecule has 0 amide bonds. The van der Waals surface area contributed by atoms with E-state index < -0.39 is 13.9 Å². The van der Waals surface area contributed by atoms with Gasteiger partial charge in [0.2, 0.25) is 0 Å². The topological polar surface area (TPSA) is 27.9 Å². The third kappa shape index (κ3) is 3.10. The van der Waals surface area contributed by atoms with Crippen molar-refractivity contribution in [2.75, 3.05) is 11.9 Å². The molecule has 2 aromatic rings. The lowest BCUT2D eigenvalue weighted by Crippen LogP contribution is -2.66. The summed E-state index contributed by atoms with van der Waals surface area (Å²) in [6.45, 7) is -6.79. The lowest BCUT2D eigenvalue weighted by Gasteiger charge is -2.35. The quantitative estimate of drug-likeness (QED) is 0.223. The number of hydrogen-bond acceptors (Lipinski definition) is 1. The molecule has 2 aliphatic heterocycles. The van der Waals surface area contributed by atoms with E-state index in [9.17, 15) is 0 Å². The van der Waals surface area contributed by atoms with Gasteiger partial charge in [0.1, 0.15) is 0 Å². The lowest BCUT2D eigenvalue weighted by molar-refractivity contribution is -1.01. The second kappa shape index (κ2) is 7.77. The number of fused-ring (bicyclic) bond motifs is 3. The van der Waals surface area contributed by atoms with Crippen LogP contribution in [0.25, 0.3) is 0 Å². The van der Waals surface area contributed by atoms with Crippen molar-refractivity contribution in [3.8, 4) is 0 Å². The summed E-state index contributed by atoms with van der Waals surface area (Å²) in [5, 5.41) is 3.01. The highest BCUT2D eigenvalue weighted by atomic mass is 79.9. The summed E-state index contributed by atoms with van der Waals surface area (Å²) in [7, 11) is 0. The number of unbranched alkanes of at least 4 members (excludes halogenated alkanes) is 1. The molecule has 0 atom stereocenters. The molecule has 4 heterocycles. The maximum atomic E-state index is 15.8. The molecule has 0 aromatic carbocycles. The normalized spacial score (nSPS) is 18.3. The maximum absolute atomic E-state index is 15.8. The zero-order valence-corrected chi connectivity index (χ0v) is 23.1. The van der Waals surface area contributed by atoms with Gasteiger partial charge in [-0.05, 0) is 86.1 Å². The average molecular weight is 747 g/mol. The minimum Gasteiger partial charge on any atom is -0.386 e. The fourth-order valence-corrected chi connectivity index (χ4v) is 6.39. The van der Waals surface area contributed by atoms with Crippen molar-refractivity contribution >= 4 is 112 Å². The number of nitrogens with one attached hydrogen (secondary N) is 1. The highest BCUT2D eigenvalue weighted by molar-refractivity contribution is 9.14. The summed E-state index contributed by atoms with van der Waals surface area (Å²) in [6.07, 6.45) is 3.71. The van der Waals surface area contributed by atoms with Crippen molar-refractivity contribution in [3.63, 3.8) is 0 Å². The van der Waals surface area contributed by atoms with Crippen LogP contribution < -0.4 is 5.32 Å². The van der Waals surface area contributed by atoms with E-state index in [2.05, 4.69) is 85.0 Å². The van der Waals surface area contributed by atoms with E-state index in [1.807, 2.05) is 6.92 Å². The Balaban J connectivity index is 2.00. The van der Waals surface area contributed by atoms with Crippen LogP contribution in [0.1, 0.15) is 31.2 Å². The molecule has 162 valence electrons. The van der Waals surface area contributed by atoms with Gasteiger partial charge in [-0.1, -0.05) is 13.3 Å². The van der Waals surface area contributed by atoms with Crippen molar-refractivity contribution in [1.29, 1.82) is 0 Å². The smallest absolute Gasteiger partial charge is 0.386 e. The molecule has 0 unspecified atom stereocenters. The third-order valence-electron chi connectivity index (χ3n) is 5.05. The highest BCUT2D eigenvalue weighted by Crippen LogP contribution is 2.44. The van der Waals surface area contributed by atoms with Crippen molar-refractivity contribution in [1.82, 2.24) is 8.96 Å². The summed E-state index contributed by atoms with van der Waals surface area (Å²) >= 11 is 16.2. The van der Waals surface area contributed by atoms with Gasteiger partial charge in [0.05, 0.1) is 39.7 Å². The number of anilines is 1. The molecule has 0 aliphatic carbocycles. The largest absolute Gasteiger partial charge is 0.790 e. The molecule has 30 heavy (non-hydrogen) atoms. The average Bonchev–Trinajstić information content (AvgIpc) is 3.04. The second-order valence-electron chi connectivity index (χ2n) is 6.88. The summed E-state index contributed by atoms with van der Waals surface area (Å²) in [6, 6.07) is 0. The van der Waals surface area contributed by atoms with Gasteiger partial charge in [-0.25, -0.2) is 0 Å². The molecular weight excluding hydrogens is 735 g/mol. The Bertz CT molecular complexity index is 1140. The van der Waals surface area contributed by atoms with Gasteiger partial charge in [-0.2, -0.15) is 0 Å². The Kier molecular flexibility index (Phi) is 5.99. The Morgan fingerprint density at radius 3 is 1.90 bits per heavy atom. The fourth-order valence-electron chi connectivity index (χ4n) is 3.60. The van der Waals surface area contributed by atoms with E-state index in [4.69, 9.17) is 0 Å². The summed E-state index contributed by atoms with van der Waals surface area (Å²) < 4.78 is 66.0. The Labute approximate surface area is 211 Å². The predicted molar refractivity (Wildman–Crippen MR) is 128 cm³/mol. The summed E-state index contributed by atoms with van der Waals surface area (Å²) in [4.78, 5) is 0. The first-order valence-corrected chi connectivity index (χ1v) is 12.8. The molecule has 4 rings (SSSR count). The van der Waals surface area contributed by atoms with Gasteiger partial charge in [0.15, 0.2) is 12.4 Å². The van der Waals surface area contributed by atoms with Crippen molar-refractivity contribution in [2.45, 2.75) is 19.8 Å². The zero-order chi connectivity index (χ0) is 22.2. The van der Waals surface area contributed by atoms with Crippen LogP contribution in [0.2, 0.25) is 0 Å². The molecule has 0 radical (unpaired) electrons. The SMILES string of the molecule is CCCCNc1c(Br)c(Br)c2n1[B-](F)(F)[N+]1=Cc3c(Br)c(Br)c(Br)n3[B-](F)(F)[N+]1=C2. The molecule has 1 N–H and O–H groups in total. The fraction of sp³-hybridized carbons (Fsp3) is 0.286. The van der Waals surface area contributed by atoms with E-state index in [-0.39, 0.29) is 30.8 Å². The van der Waals surface area contributed by atoms with E-state index >= 15 is 17.3 Å². The van der Waals surface area contributed by atoms with Crippen LogP contribution in [0.5, 0.6) is 0 Å². The van der Waals surface area contributed by atoms with Gasteiger partial charge in [-0.15, -0.1) is 9.19 Å². The number of hydrazone groups is 2. The van der Waals surface area contributed by atoms with Crippen LogP contribution in [-0.2, 0) is 0 Å². The first-order valence-electron chi connectivity index (χ1n) is 8.85. The van der Waals surface area contributed by atoms with Gasteiger partial charge in [-0.3, -0.25) is 0 Å². The number of halogens is 9. The van der Waals surface area contributed by atoms with E-state index in [1.165, 1.54) is 0 Å². The van der Waals surface area contributed by atoms with Crippen molar-refractivity contribution in [3.05, 3.63) is 33.9 Å². The van der Waals surface area contributed by atoms with Crippen LogP contribution in [-0.4, -0.2) is 51.1 Å². The number of hydrogen-bond donors (Lipinski definition) is 1. The maximum Gasteiger partial charge on any atom is 0.790 e. The molecule has 2 aromatic heterocycles. The molecule has 0 saturated carbocycles. The summed E-state index contributed by atoms with van der Waals surface area (Å²) in [5.74, 6) is 0.137. The van der Waals surface area contributed by atoms with E-state index in [0.717, 1.165) is 29.7 Å². The minimum atomic E-state index is -4.64. The number of aromatic nitrogens is 2. The first-order chi connectivity index (χ1) is 14.0.